The number of carbonyl (C=O) groups excluding carboxylic acids is 2. The van der Waals surface area contributed by atoms with E-state index >= 15 is 0 Å². The summed E-state index contributed by atoms with van der Waals surface area (Å²) in [6.07, 6.45) is 0. The SMILES string of the molecule is CN(C)C(=O)c1cccc(NC(=O)CNCc2ccccc2Cl)c1. The molecule has 0 heterocycles. The van der Waals surface area contributed by atoms with Gasteiger partial charge < -0.3 is 15.5 Å². The number of benzene rings is 2. The zero-order valence-corrected chi connectivity index (χ0v) is 14.4. The molecule has 2 rings (SSSR count). The van der Waals surface area contributed by atoms with Crippen LogP contribution in [0.2, 0.25) is 5.02 Å². The Labute approximate surface area is 146 Å². The van der Waals surface area contributed by atoms with Crippen LogP contribution in [-0.2, 0) is 11.3 Å². The van der Waals surface area contributed by atoms with Crippen molar-refractivity contribution in [2.45, 2.75) is 6.54 Å². The van der Waals surface area contributed by atoms with Gasteiger partial charge in [0.1, 0.15) is 0 Å². The zero-order valence-electron chi connectivity index (χ0n) is 13.7. The molecule has 0 fully saturated rings. The number of nitrogens with zero attached hydrogens (tertiary/aromatic N) is 1. The van der Waals surface area contributed by atoms with Crippen LogP contribution in [0.3, 0.4) is 0 Å². The molecular weight excluding hydrogens is 326 g/mol. The van der Waals surface area contributed by atoms with Crippen molar-refractivity contribution in [3.05, 3.63) is 64.7 Å². The predicted octanol–water partition coefficient (Wildman–Crippen LogP) is 2.77. The molecule has 6 heteroatoms. The summed E-state index contributed by atoms with van der Waals surface area (Å²) in [5.74, 6) is -0.292. The lowest BCUT2D eigenvalue weighted by Gasteiger charge is -2.12. The van der Waals surface area contributed by atoms with Gasteiger partial charge in [-0.1, -0.05) is 35.9 Å². The lowest BCUT2D eigenvalue weighted by molar-refractivity contribution is -0.115. The molecule has 0 saturated heterocycles. The van der Waals surface area contributed by atoms with E-state index in [1.165, 1.54) is 4.90 Å². The zero-order chi connectivity index (χ0) is 17.5. The fourth-order valence-corrected chi connectivity index (χ4v) is 2.35. The van der Waals surface area contributed by atoms with E-state index in [1.807, 2.05) is 24.3 Å². The largest absolute Gasteiger partial charge is 0.345 e. The highest BCUT2D eigenvalue weighted by Gasteiger charge is 2.09. The second kappa shape index (κ2) is 8.47. The number of nitrogens with one attached hydrogen (secondary N) is 2. The Morgan fingerprint density at radius 2 is 1.83 bits per heavy atom. The molecule has 0 unspecified atom stereocenters. The summed E-state index contributed by atoms with van der Waals surface area (Å²) in [5.41, 5.74) is 2.06. The number of halogens is 1. The lowest BCUT2D eigenvalue weighted by atomic mass is 10.2. The molecular formula is C18H20ClN3O2. The summed E-state index contributed by atoms with van der Waals surface area (Å²) in [7, 11) is 3.37. The van der Waals surface area contributed by atoms with E-state index in [9.17, 15) is 9.59 Å². The quantitative estimate of drug-likeness (QED) is 0.846. The molecule has 0 aliphatic heterocycles. The Balaban J connectivity index is 1.87. The van der Waals surface area contributed by atoms with Crippen LogP contribution in [0.25, 0.3) is 0 Å². The summed E-state index contributed by atoms with van der Waals surface area (Å²) in [6, 6.07) is 14.3. The van der Waals surface area contributed by atoms with Crippen molar-refractivity contribution in [1.82, 2.24) is 10.2 Å². The van der Waals surface area contributed by atoms with Crippen molar-refractivity contribution in [2.24, 2.45) is 0 Å². The van der Waals surface area contributed by atoms with Gasteiger partial charge in [0.05, 0.1) is 6.54 Å². The summed E-state index contributed by atoms with van der Waals surface area (Å²) in [6.45, 7) is 0.656. The Morgan fingerprint density at radius 3 is 2.54 bits per heavy atom. The fraction of sp³-hybridized carbons (Fsp3) is 0.222. The minimum atomic E-state index is -0.184. The molecule has 0 spiro atoms. The van der Waals surface area contributed by atoms with Gasteiger partial charge in [0.25, 0.3) is 5.91 Å². The molecule has 2 amide bonds. The van der Waals surface area contributed by atoms with Gasteiger partial charge in [-0.15, -0.1) is 0 Å². The third-order valence-corrected chi connectivity index (χ3v) is 3.73. The van der Waals surface area contributed by atoms with Gasteiger partial charge in [0.15, 0.2) is 0 Å². The van der Waals surface area contributed by atoms with Crippen molar-refractivity contribution in [2.75, 3.05) is 26.0 Å². The third-order valence-electron chi connectivity index (χ3n) is 3.36. The minimum absolute atomic E-state index is 0.108. The molecule has 24 heavy (non-hydrogen) atoms. The molecule has 2 N–H and O–H groups in total. The first kappa shape index (κ1) is 18.0. The van der Waals surface area contributed by atoms with Gasteiger partial charge in [-0.2, -0.15) is 0 Å². The predicted molar refractivity (Wildman–Crippen MR) is 96.2 cm³/mol. The Bertz CT molecular complexity index is 732. The first-order valence-electron chi connectivity index (χ1n) is 7.53. The minimum Gasteiger partial charge on any atom is -0.345 e. The van der Waals surface area contributed by atoms with Gasteiger partial charge >= 0.3 is 0 Å². The maximum Gasteiger partial charge on any atom is 0.253 e. The average Bonchev–Trinajstić information content (AvgIpc) is 2.56. The number of carbonyl (C=O) groups is 2. The second-order valence-electron chi connectivity index (χ2n) is 5.52. The molecule has 2 aromatic rings. The van der Waals surface area contributed by atoms with Crippen molar-refractivity contribution >= 4 is 29.1 Å². The van der Waals surface area contributed by atoms with Gasteiger partial charge in [0, 0.05) is 36.9 Å². The Hall–Kier alpha value is -2.37. The molecule has 0 aliphatic carbocycles. The summed E-state index contributed by atoms with van der Waals surface area (Å²) >= 11 is 6.07. The Kier molecular flexibility index (Phi) is 6.35. The van der Waals surface area contributed by atoms with E-state index in [0.29, 0.717) is 22.8 Å². The number of anilines is 1. The summed E-state index contributed by atoms with van der Waals surface area (Å²) in [5, 5.41) is 6.49. The first-order valence-corrected chi connectivity index (χ1v) is 7.91. The van der Waals surface area contributed by atoms with Gasteiger partial charge in [0.2, 0.25) is 5.91 Å². The van der Waals surface area contributed by atoms with Crippen LogP contribution in [0.5, 0.6) is 0 Å². The molecule has 2 aromatic carbocycles. The van der Waals surface area contributed by atoms with E-state index in [0.717, 1.165) is 5.56 Å². The topological polar surface area (TPSA) is 61.4 Å². The first-order chi connectivity index (χ1) is 11.5. The summed E-state index contributed by atoms with van der Waals surface area (Å²) < 4.78 is 0. The van der Waals surface area contributed by atoms with E-state index in [4.69, 9.17) is 11.6 Å². The van der Waals surface area contributed by atoms with E-state index in [1.54, 1.807) is 38.4 Å². The standard InChI is InChI=1S/C18H20ClN3O2/c1-22(2)18(24)13-7-5-8-15(10-13)21-17(23)12-20-11-14-6-3-4-9-16(14)19/h3-10,20H,11-12H2,1-2H3,(H,21,23). The number of hydrogen-bond acceptors (Lipinski definition) is 3. The smallest absolute Gasteiger partial charge is 0.253 e. The number of amides is 2. The highest BCUT2D eigenvalue weighted by atomic mass is 35.5. The number of hydrogen-bond donors (Lipinski definition) is 2. The van der Waals surface area contributed by atoms with Crippen LogP contribution in [0.4, 0.5) is 5.69 Å². The van der Waals surface area contributed by atoms with Crippen LogP contribution < -0.4 is 10.6 Å². The highest BCUT2D eigenvalue weighted by Crippen LogP contribution is 2.14. The van der Waals surface area contributed by atoms with Crippen LogP contribution in [0, 0.1) is 0 Å². The normalized spacial score (nSPS) is 10.3. The van der Waals surface area contributed by atoms with Gasteiger partial charge in [-0.3, -0.25) is 9.59 Å². The van der Waals surface area contributed by atoms with Gasteiger partial charge in [-0.05, 0) is 29.8 Å². The van der Waals surface area contributed by atoms with E-state index < -0.39 is 0 Å². The van der Waals surface area contributed by atoms with Crippen LogP contribution in [0.15, 0.2) is 48.5 Å². The fourth-order valence-electron chi connectivity index (χ4n) is 2.15. The molecule has 126 valence electrons. The Morgan fingerprint density at radius 1 is 1.08 bits per heavy atom. The van der Waals surface area contributed by atoms with Crippen molar-refractivity contribution in [3.63, 3.8) is 0 Å². The number of rotatable bonds is 6. The highest BCUT2D eigenvalue weighted by molar-refractivity contribution is 6.31. The monoisotopic (exact) mass is 345 g/mol. The molecule has 0 aliphatic rings. The van der Waals surface area contributed by atoms with Crippen molar-refractivity contribution in [3.8, 4) is 0 Å². The lowest BCUT2D eigenvalue weighted by Crippen LogP contribution is -2.28. The molecule has 5 nitrogen and oxygen atoms in total. The molecule has 0 saturated carbocycles. The maximum absolute atomic E-state index is 12.0. The van der Waals surface area contributed by atoms with Crippen molar-refractivity contribution in [1.29, 1.82) is 0 Å². The molecule has 0 radical (unpaired) electrons. The average molecular weight is 346 g/mol. The second-order valence-corrected chi connectivity index (χ2v) is 5.93. The van der Waals surface area contributed by atoms with Gasteiger partial charge in [-0.25, -0.2) is 0 Å². The van der Waals surface area contributed by atoms with Crippen LogP contribution in [-0.4, -0.2) is 37.4 Å². The van der Waals surface area contributed by atoms with Crippen LogP contribution in [0.1, 0.15) is 15.9 Å². The molecule has 0 bridgehead atoms. The molecule has 0 atom stereocenters. The maximum atomic E-state index is 12.0. The molecule has 0 aromatic heterocycles. The van der Waals surface area contributed by atoms with E-state index in [2.05, 4.69) is 10.6 Å². The van der Waals surface area contributed by atoms with Crippen LogP contribution >= 0.6 is 11.6 Å². The van der Waals surface area contributed by atoms with Crippen molar-refractivity contribution < 1.29 is 9.59 Å². The van der Waals surface area contributed by atoms with E-state index in [-0.39, 0.29) is 18.4 Å². The third kappa shape index (κ3) is 5.08. The summed E-state index contributed by atoms with van der Waals surface area (Å²) in [4.78, 5) is 25.4.